The lowest BCUT2D eigenvalue weighted by molar-refractivity contribution is 0.564. The number of hydrogen-bond donors (Lipinski definition) is 1. The molecular weight excluding hydrogens is 231 g/mol. The number of benzene rings is 1. The summed E-state index contributed by atoms with van der Waals surface area (Å²) in [5.74, 6) is 0.259. The van der Waals surface area contributed by atoms with Crippen LogP contribution in [0.25, 0.3) is 11.3 Å². The van der Waals surface area contributed by atoms with E-state index in [9.17, 15) is 4.39 Å². The maximum absolute atomic E-state index is 14.5. The van der Waals surface area contributed by atoms with Gasteiger partial charge in [-0.15, -0.1) is 10.2 Å². The fourth-order valence-electron chi connectivity index (χ4n) is 2.25. The topological polar surface area (TPSA) is 41.0 Å². The number of nitrogens with zero attached hydrogens (tertiary/aromatic N) is 3. The normalized spacial score (nSPS) is 17.9. The number of fused-ring (bicyclic) bond motifs is 1. The maximum atomic E-state index is 14.5. The minimum atomic E-state index is -0.296. The van der Waals surface area contributed by atoms with Crippen LogP contribution in [0.2, 0.25) is 0 Å². The average molecular weight is 244 g/mol. The molecule has 1 atom stereocenters. The highest BCUT2D eigenvalue weighted by Gasteiger charge is 2.30. The molecule has 0 aliphatic carbocycles. The smallest absolute Gasteiger partial charge is 0.173 e. The second-order valence-electron chi connectivity index (χ2n) is 4.38. The van der Waals surface area contributed by atoms with Crippen LogP contribution in [-0.2, 0) is 0 Å². The molecule has 1 N–H and O–H groups in total. The van der Waals surface area contributed by atoms with Gasteiger partial charge in [-0.1, -0.05) is 30.3 Å². The molecule has 1 aromatic heterocycles. The SMILES string of the molecule is CC1NN(C)c2nnc(-c3ccccc3)c(F)c21. The minimum Gasteiger partial charge on any atom is -0.293 e. The first kappa shape index (κ1) is 11.1. The highest BCUT2D eigenvalue weighted by atomic mass is 19.1. The molecule has 1 aromatic carbocycles. The molecule has 3 rings (SSSR count). The largest absolute Gasteiger partial charge is 0.293 e. The third-order valence-electron chi connectivity index (χ3n) is 3.12. The van der Waals surface area contributed by atoms with Crippen LogP contribution in [0.3, 0.4) is 0 Å². The summed E-state index contributed by atoms with van der Waals surface area (Å²) in [6.07, 6.45) is 0. The van der Waals surface area contributed by atoms with Crippen molar-refractivity contribution in [2.45, 2.75) is 13.0 Å². The van der Waals surface area contributed by atoms with Crippen LogP contribution >= 0.6 is 0 Å². The lowest BCUT2D eigenvalue weighted by Gasteiger charge is -2.10. The number of aromatic nitrogens is 2. The van der Waals surface area contributed by atoms with Gasteiger partial charge in [-0.05, 0) is 6.92 Å². The van der Waals surface area contributed by atoms with Gasteiger partial charge in [0.15, 0.2) is 11.6 Å². The van der Waals surface area contributed by atoms with Crippen molar-refractivity contribution >= 4 is 5.82 Å². The van der Waals surface area contributed by atoms with E-state index in [0.29, 0.717) is 17.1 Å². The molecule has 18 heavy (non-hydrogen) atoms. The predicted octanol–water partition coefficient (Wildman–Crippen LogP) is 2.30. The summed E-state index contributed by atoms with van der Waals surface area (Å²) in [6.45, 7) is 1.90. The van der Waals surface area contributed by atoms with Crippen LogP contribution < -0.4 is 10.4 Å². The van der Waals surface area contributed by atoms with Gasteiger partial charge >= 0.3 is 0 Å². The van der Waals surface area contributed by atoms with Gasteiger partial charge in [0.1, 0.15) is 5.69 Å². The Morgan fingerprint density at radius 1 is 1.22 bits per heavy atom. The maximum Gasteiger partial charge on any atom is 0.173 e. The second-order valence-corrected chi connectivity index (χ2v) is 4.38. The van der Waals surface area contributed by atoms with Crippen molar-refractivity contribution < 1.29 is 4.39 Å². The van der Waals surface area contributed by atoms with E-state index in [-0.39, 0.29) is 11.9 Å². The molecule has 5 heteroatoms. The zero-order valence-electron chi connectivity index (χ0n) is 10.2. The molecule has 2 heterocycles. The molecule has 0 spiro atoms. The van der Waals surface area contributed by atoms with E-state index in [1.807, 2.05) is 37.3 Å². The summed E-state index contributed by atoms with van der Waals surface area (Å²) in [4.78, 5) is 0. The summed E-state index contributed by atoms with van der Waals surface area (Å²) in [7, 11) is 1.80. The quantitative estimate of drug-likeness (QED) is 0.835. The summed E-state index contributed by atoms with van der Waals surface area (Å²) < 4.78 is 14.5. The van der Waals surface area contributed by atoms with Gasteiger partial charge in [-0.2, -0.15) is 0 Å². The summed E-state index contributed by atoms with van der Waals surface area (Å²) in [5, 5.41) is 9.80. The van der Waals surface area contributed by atoms with Crippen molar-refractivity contribution in [3.05, 3.63) is 41.7 Å². The van der Waals surface area contributed by atoms with E-state index in [1.54, 1.807) is 12.1 Å². The standard InChI is InChI=1S/C13H13FN4/c1-8-10-11(14)12(9-6-4-3-5-7-9)15-16-13(10)18(2)17-8/h3-8,17H,1-2H3. The molecule has 1 unspecified atom stereocenters. The first-order valence-electron chi connectivity index (χ1n) is 5.80. The number of anilines is 1. The first-order valence-corrected chi connectivity index (χ1v) is 5.80. The zero-order chi connectivity index (χ0) is 12.7. The Balaban J connectivity index is 2.18. The van der Waals surface area contributed by atoms with E-state index >= 15 is 0 Å². The average Bonchev–Trinajstić information content (AvgIpc) is 2.67. The molecule has 0 saturated heterocycles. The van der Waals surface area contributed by atoms with Crippen LogP contribution in [0.4, 0.5) is 10.2 Å². The van der Waals surface area contributed by atoms with Crippen LogP contribution in [0.5, 0.6) is 0 Å². The summed E-state index contributed by atoms with van der Waals surface area (Å²) in [6, 6.07) is 9.17. The van der Waals surface area contributed by atoms with Crippen molar-refractivity contribution in [1.82, 2.24) is 15.6 Å². The van der Waals surface area contributed by atoms with Crippen LogP contribution in [0, 0.1) is 5.82 Å². The van der Waals surface area contributed by atoms with Crippen molar-refractivity contribution in [3.8, 4) is 11.3 Å². The van der Waals surface area contributed by atoms with Crippen LogP contribution in [0.1, 0.15) is 18.5 Å². The Morgan fingerprint density at radius 2 is 1.94 bits per heavy atom. The lowest BCUT2D eigenvalue weighted by Crippen LogP contribution is -2.29. The molecule has 1 aliphatic rings. The van der Waals surface area contributed by atoms with Gasteiger partial charge in [-0.25, -0.2) is 9.82 Å². The van der Waals surface area contributed by atoms with Crippen molar-refractivity contribution in [2.75, 3.05) is 12.1 Å². The Morgan fingerprint density at radius 3 is 2.67 bits per heavy atom. The zero-order valence-corrected chi connectivity index (χ0v) is 10.2. The van der Waals surface area contributed by atoms with Gasteiger partial charge in [0, 0.05) is 12.6 Å². The second kappa shape index (κ2) is 4.03. The van der Waals surface area contributed by atoms with E-state index in [2.05, 4.69) is 15.6 Å². The Bertz CT molecular complexity index is 585. The van der Waals surface area contributed by atoms with Gasteiger partial charge in [0.05, 0.1) is 11.6 Å². The van der Waals surface area contributed by atoms with Crippen LogP contribution in [-0.4, -0.2) is 17.2 Å². The highest BCUT2D eigenvalue weighted by molar-refractivity contribution is 5.64. The van der Waals surface area contributed by atoms with E-state index in [0.717, 1.165) is 5.56 Å². The van der Waals surface area contributed by atoms with Crippen LogP contribution in [0.15, 0.2) is 30.3 Å². The van der Waals surface area contributed by atoms with E-state index < -0.39 is 0 Å². The van der Waals surface area contributed by atoms with Gasteiger partial charge in [0.2, 0.25) is 0 Å². The molecule has 0 saturated carbocycles. The first-order chi connectivity index (χ1) is 8.68. The third kappa shape index (κ3) is 1.55. The van der Waals surface area contributed by atoms with Gasteiger partial charge in [-0.3, -0.25) is 5.01 Å². The molecule has 0 fully saturated rings. The highest BCUT2D eigenvalue weighted by Crippen LogP contribution is 2.34. The molecule has 2 aromatic rings. The van der Waals surface area contributed by atoms with Crippen molar-refractivity contribution in [3.63, 3.8) is 0 Å². The number of rotatable bonds is 1. The molecule has 0 amide bonds. The molecule has 1 aliphatic heterocycles. The number of hydrazine groups is 1. The number of halogens is 1. The molecule has 92 valence electrons. The molecule has 0 bridgehead atoms. The Labute approximate surface area is 104 Å². The van der Waals surface area contributed by atoms with Crippen molar-refractivity contribution in [2.24, 2.45) is 0 Å². The third-order valence-corrected chi connectivity index (χ3v) is 3.12. The van der Waals surface area contributed by atoms with E-state index in [4.69, 9.17) is 0 Å². The summed E-state index contributed by atoms with van der Waals surface area (Å²) in [5.41, 5.74) is 4.71. The fraction of sp³-hybridized carbons (Fsp3) is 0.231. The minimum absolute atomic E-state index is 0.0945. The Kier molecular flexibility index (Phi) is 2.48. The molecule has 0 radical (unpaired) electrons. The molecular formula is C13H13FN4. The Hall–Kier alpha value is -2.01. The predicted molar refractivity (Wildman–Crippen MR) is 67.4 cm³/mol. The number of nitrogens with one attached hydrogen (secondary N) is 1. The fourth-order valence-corrected chi connectivity index (χ4v) is 2.25. The van der Waals surface area contributed by atoms with Crippen molar-refractivity contribution in [1.29, 1.82) is 0 Å². The monoisotopic (exact) mass is 244 g/mol. The summed E-state index contributed by atoms with van der Waals surface area (Å²) >= 11 is 0. The molecule has 4 nitrogen and oxygen atoms in total. The van der Waals surface area contributed by atoms with Gasteiger partial charge in [0.25, 0.3) is 0 Å². The lowest BCUT2D eigenvalue weighted by atomic mass is 10.1. The van der Waals surface area contributed by atoms with Gasteiger partial charge < -0.3 is 0 Å². The number of hydrogen-bond acceptors (Lipinski definition) is 4. The van der Waals surface area contributed by atoms with E-state index in [1.165, 1.54) is 0 Å².